The molecule has 2 aromatic rings. The van der Waals surface area contributed by atoms with Crippen molar-refractivity contribution in [3.8, 4) is 5.75 Å². The van der Waals surface area contributed by atoms with Crippen LogP contribution in [0.4, 0.5) is 5.82 Å². The van der Waals surface area contributed by atoms with Crippen molar-refractivity contribution in [2.24, 2.45) is 0 Å². The summed E-state index contributed by atoms with van der Waals surface area (Å²) in [4.78, 5) is 14.7. The first kappa shape index (κ1) is 12.9. The van der Waals surface area contributed by atoms with E-state index in [0.29, 0.717) is 12.4 Å². The number of rotatable bonds is 5. The molecule has 1 aromatic heterocycles. The molecule has 98 valence electrons. The van der Waals surface area contributed by atoms with Gasteiger partial charge >= 0.3 is 5.97 Å². The van der Waals surface area contributed by atoms with Crippen molar-refractivity contribution in [2.75, 3.05) is 12.4 Å². The van der Waals surface area contributed by atoms with Gasteiger partial charge in [-0.1, -0.05) is 18.2 Å². The highest BCUT2D eigenvalue weighted by atomic mass is 16.5. The topological polar surface area (TPSA) is 71.5 Å². The molecule has 5 heteroatoms. The van der Waals surface area contributed by atoms with E-state index in [2.05, 4.69) is 10.3 Å². The number of carboxylic acid groups (broad SMARTS) is 1. The lowest BCUT2D eigenvalue weighted by Crippen LogP contribution is -2.04. The van der Waals surface area contributed by atoms with Crippen molar-refractivity contribution in [3.63, 3.8) is 0 Å². The van der Waals surface area contributed by atoms with Gasteiger partial charge in [0.1, 0.15) is 11.6 Å². The quantitative estimate of drug-likeness (QED) is 0.861. The summed E-state index contributed by atoms with van der Waals surface area (Å²) in [7, 11) is 1.62. The number of carbonyl (C=O) groups is 1. The Hall–Kier alpha value is -2.56. The summed E-state index contributed by atoms with van der Waals surface area (Å²) < 4.78 is 5.25. The number of para-hydroxylation sites is 1. The molecule has 1 aromatic carbocycles. The van der Waals surface area contributed by atoms with Gasteiger partial charge in [-0.2, -0.15) is 0 Å². The monoisotopic (exact) mass is 258 g/mol. The molecule has 0 amide bonds. The van der Waals surface area contributed by atoms with Gasteiger partial charge in [0, 0.05) is 18.3 Å². The molecule has 0 fully saturated rings. The van der Waals surface area contributed by atoms with E-state index < -0.39 is 5.97 Å². The van der Waals surface area contributed by atoms with Crippen LogP contribution in [0.1, 0.15) is 15.9 Å². The number of nitrogens with zero attached hydrogens (tertiary/aromatic N) is 1. The highest BCUT2D eigenvalue weighted by molar-refractivity contribution is 5.87. The summed E-state index contributed by atoms with van der Waals surface area (Å²) in [6.45, 7) is 0.559. The van der Waals surface area contributed by atoms with Crippen LogP contribution in [0.25, 0.3) is 0 Å². The van der Waals surface area contributed by atoms with Crippen LogP contribution < -0.4 is 10.1 Å². The van der Waals surface area contributed by atoms with Gasteiger partial charge in [0.2, 0.25) is 0 Å². The maximum Gasteiger partial charge on any atom is 0.337 e. The van der Waals surface area contributed by atoms with Gasteiger partial charge in [-0.05, 0) is 18.2 Å². The van der Waals surface area contributed by atoms with Crippen LogP contribution in [0.15, 0.2) is 42.6 Å². The van der Waals surface area contributed by atoms with Crippen molar-refractivity contribution < 1.29 is 14.6 Å². The molecule has 0 bridgehead atoms. The number of ether oxygens (including phenoxy) is 1. The first-order valence-corrected chi connectivity index (χ1v) is 5.76. The number of carboxylic acids is 1. The summed E-state index contributed by atoms with van der Waals surface area (Å²) >= 11 is 0. The molecule has 5 nitrogen and oxygen atoms in total. The number of pyridine rings is 1. The van der Waals surface area contributed by atoms with Crippen LogP contribution in [-0.2, 0) is 6.54 Å². The molecule has 0 atom stereocenters. The second kappa shape index (κ2) is 5.86. The minimum absolute atomic E-state index is 0.169. The van der Waals surface area contributed by atoms with Crippen LogP contribution in [0, 0.1) is 0 Å². The molecule has 0 aliphatic carbocycles. The normalized spacial score (nSPS) is 9.95. The summed E-state index contributed by atoms with van der Waals surface area (Å²) in [6.07, 6.45) is 1.33. The molecule has 0 aliphatic heterocycles. The molecular weight excluding hydrogens is 244 g/mol. The van der Waals surface area contributed by atoms with Crippen LogP contribution in [0.2, 0.25) is 0 Å². The molecule has 0 saturated heterocycles. The van der Waals surface area contributed by atoms with E-state index in [9.17, 15) is 4.79 Å². The van der Waals surface area contributed by atoms with Gasteiger partial charge in [-0.3, -0.25) is 0 Å². The Kier molecular flexibility index (Phi) is 3.97. The number of hydrogen-bond donors (Lipinski definition) is 2. The number of aromatic nitrogens is 1. The number of benzene rings is 1. The fraction of sp³-hybridized carbons (Fsp3) is 0.143. The lowest BCUT2D eigenvalue weighted by Gasteiger charge is -2.09. The zero-order valence-corrected chi connectivity index (χ0v) is 10.5. The number of aromatic carboxylic acids is 1. The molecule has 19 heavy (non-hydrogen) atoms. The van der Waals surface area contributed by atoms with Crippen LogP contribution >= 0.6 is 0 Å². The van der Waals surface area contributed by atoms with E-state index in [1.807, 2.05) is 24.3 Å². The predicted molar refractivity (Wildman–Crippen MR) is 71.5 cm³/mol. The Labute approximate surface area is 110 Å². The number of nitrogens with one attached hydrogen (secondary N) is 1. The SMILES string of the molecule is COc1ccccc1CNc1ccc(C(=O)O)cn1. The minimum Gasteiger partial charge on any atom is -0.496 e. The Morgan fingerprint density at radius 1 is 1.32 bits per heavy atom. The Morgan fingerprint density at radius 3 is 2.74 bits per heavy atom. The summed E-state index contributed by atoms with van der Waals surface area (Å²) in [6, 6.07) is 10.8. The maximum absolute atomic E-state index is 10.7. The van der Waals surface area contributed by atoms with Crippen molar-refractivity contribution >= 4 is 11.8 Å². The molecular formula is C14H14N2O3. The molecule has 2 N–H and O–H groups in total. The van der Waals surface area contributed by atoms with Gasteiger partial charge in [0.15, 0.2) is 0 Å². The second-order valence-electron chi connectivity index (χ2n) is 3.90. The van der Waals surface area contributed by atoms with Crippen LogP contribution in [0.3, 0.4) is 0 Å². The molecule has 0 unspecified atom stereocenters. The van der Waals surface area contributed by atoms with Crippen molar-refractivity contribution in [1.82, 2.24) is 4.98 Å². The summed E-state index contributed by atoms with van der Waals surface area (Å²) in [5.74, 6) is 0.442. The van der Waals surface area contributed by atoms with Crippen LogP contribution in [0.5, 0.6) is 5.75 Å². The third-order valence-corrected chi connectivity index (χ3v) is 2.66. The van der Waals surface area contributed by atoms with Crippen LogP contribution in [-0.4, -0.2) is 23.2 Å². The van der Waals surface area contributed by atoms with Gasteiger partial charge in [-0.15, -0.1) is 0 Å². The van der Waals surface area contributed by atoms with Crippen molar-refractivity contribution in [1.29, 1.82) is 0 Å². The smallest absolute Gasteiger partial charge is 0.337 e. The highest BCUT2D eigenvalue weighted by Gasteiger charge is 2.04. The highest BCUT2D eigenvalue weighted by Crippen LogP contribution is 2.18. The third kappa shape index (κ3) is 3.22. The first-order chi connectivity index (χ1) is 9.20. The molecule has 0 aliphatic rings. The average molecular weight is 258 g/mol. The first-order valence-electron chi connectivity index (χ1n) is 5.76. The summed E-state index contributed by atoms with van der Waals surface area (Å²) in [5, 5.41) is 11.9. The molecule has 1 heterocycles. The largest absolute Gasteiger partial charge is 0.496 e. The van der Waals surface area contributed by atoms with E-state index in [1.54, 1.807) is 13.2 Å². The molecule has 0 spiro atoms. The Bertz CT molecular complexity index is 567. The molecule has 2 rings (SSSR count). The minimum atomic E-state index is -0.983. The second-order valence-corrected chi connectivity index (χ2v) is 3.90. The van der Waals surface area contributed by atoms with Gasteiger partial charge in [0.05, 0.1) is 12.7 Å². The Morgan fingerprint density at radius 2 is 2.11 bits per heavy atom. The number of hydrogen-bond acceptors (Lipinski definition) is 4. The lowest BCUT2D eigenvalue weighted by atomic mass is 10.2. The molecule has 0 saturated carbocycles. The average Bonchev–Trinajstić information content (AvgIpc) is 2.45. The zero-order chi connectivity index (χ0) is 13.7. The fourth-order valence-electron chi connectivity index (χ4n) is 1.66. The van der Waals surface area contributed by atoms with Gasteiger partial charge in [0.25, 0.3) is 0 Å². The van der Waals surface area contributed by atoms with E-state index in [1.165, 1.54) is 12.3 Å². The zero-order valence-electron chi connectivity index (χ0n) is 10.5. The predicted octanol–water partition coefficient (Wildman–Crippen LogP) is 2.40. The maximum atomic E-state index is 10.7. The van der Waals surface area contributed by atoms with Gasteiger partial charge < -0.3 is 15.2 Å². The third-order valence-electron chi connectivity index (χ3n) is 2.66. The standard InChI is InChI=1S/C14H14N2O3/c1-19-12-5-3-2-4-10(12)8-15-13-7-6-11(9-16-13)14(17)18/h2-7,9H,8H2,1H3,(H,15,16)(H,17,18). The number of anilines is 1. The van der Waals surface area contributed by atoms with Gasteiger partial charge in [-0.25, -0.2) is 9.78 Å². The van der Waals surface area contributed by atoms with Crippen molar-refractivity contribution in [2.45, 2.75) is 6.54 Å². The molecule has 0 radical (unpaired) electrons. The van der Waals surface area contributed by atoms with E-state index in [0.717, 1.165) is 11.3 Å². The summed E-state index contributed by atoms with van der Waals surface area (Å²) in [5.41, 5.74) is 1.18. The van der Waals surface area contributed by atoms with Crippen molar-refractivity contribution in [3.05, 3.63) is 53.7 Å². The van der Waals surface area contributed by atoms with E-state index in [-0.39, 0.29) is 5.56 Å². The number of methoxy groups -OCH3 is 1. The fourth-order valence-corrected chi connectivity index (χ4v) is 1.66. The lowest BCUT2D eigenvalue weighted by molar-refractivity contribution is 0.0696. The van der Waals surface area contributed by atoms with E-state index >= 15 is 0 Å². The Balaban J connectivity index is 2.04. The van der Waals surface area contributed by atoms with E-state index in [4.69, 9.17) is 9.84 Å².